The number of carbonyl (C=O) groups excluding carboxylic acids is 1. The standard InChI is InChI=1S/C19H23N3O2/c1-14(2)22-18(9-11-21-22)16-7-4-3-6-15(16)13-24-19-8-5-10-20-17(19)12-23/h5,8-12,14H,3-4,6-7,13H2,1-2H3. The molecule has 0 fully saturated rings. The van der Waals surface area contributed by atoms with Gasteiger partial charge in [0.05, 0.1) is 5.69 Å². The van der Waals surface area contributed by atoms with Crippen molar-refractivity contribution in [3.8, 4) is 5.75 Å². The Morgan fingerprint density at radius 3 is 2.88 bits per heavy atom. The van der Waals surface area contributed by atoms with E-state index in [1.54, 1.807) is 18.3 Å². The van der Waals surface area contributed by atoms with E-state index in [0.717, 1.165) is 19.1 Å². The summed E-state index contributed by atoms with van der Waals surface area (Å²) in [5.74, 6) is 0.544. The number of rotatable bonds is 6. The van der Waals surface area contributed by atoms with Crippen LogP contribution in [0.3, 0.4) is 0 Å². The second-order valence-electron chi connectivity index (χ2n) is 6.34. The summed E-state index contributed by atoms with van der Waals surface area (Å²) in [6, 6.07) is 5.98. The van der Waals surface area contributed by atoms with Crippen molar-refractivity contribution in [1.29, 1.82) is 0 Å². The van der Waals surface area contributed by atoms with Crippen molar-refractivity contribution >= 4 is 11.9 Å². The first-order chi connectivity index (χ1) is 11.7. The van der Waals surface area contributed by atoms with Gasteiger partial charge in [-0.25, -0.2) is 4.98 Å². The van der Waals surface area contributed by atoms with Crippen molar-refractivity contribution in [2.45, 2.75) is 45.6 Å². The topological polar surface area (TPSA) is 57.0 Å². The Labute approximate surface area is 142 Å². The number of carbonyl (C=O) groups is 1. The molecule has 3 rings (SSSR count). The summed E-state index contributed by atoms with van der Waals surface area (Å²) in [5, 5.41) is 4.46. The van der Waals surface area contributed by atoms with Gasteiger partial charge in [-0.3, -0.25) is 9.48 Å². The fourth-order valence-corrected chi connectivity index (χ4v) is 3.18. The van der Waals surface area contributed by atoms with Crippen molar-refractivity contribution in [2.24, 2.45) is 0 Å². The van der Waals surface area contributed by atoms with Gasteiger partial charge in [-0.1, -0.05) is 0 Å². The van der Waals surface area contributed by atoms with Crippen LogP contribution in [0.25, 0.3) is 5.57 Å². The first-order valence-electron chi connectivity index (χ1n) is 8.48. The first kappa shape index (κ1) is 16.4. The third-order valence-electron chi connectivity index (χ3n) is 4.36. The number of allylic oxidation sites excluding steroid dienone is 1. The Hall–Kier alpha value is -2.43. The summed E-state index contributed by atoms with van der Waals surface area (Å²) >= 11 is 0. The van der Waals surface area contributed by atoms with Crippen LogP contribution in [-0.4, -0.2) is 27.7 Å². The average Bonchev–Trinajstić information content (AvgIpc) is 3.10. The van der Waals surface area contributed by atoms with E-state index in [0.29, 0.717) is 24.1 Å². The minimum atomic E-state index is 0.326. The van der Waals surface area contributed by atoms with Crippen LogP contribution in [-0.2, 0) is 0 Å². The van der Waals surface area contributed by atoms with E-state index in [4.69, 9.17) is 4.74 Å². The molecule has 0 bridgehead atoms. The lowest BCUT2D eigenvalue weighted by molar-refractivity contribution is 0.111. The quantitative estimate of drug-likeness (QED) is 0.751. The minimum absolute atomic E-state index is 0.326. The van der Waals surface area contributed by atoms with Gasteiger partial charge in [0.2, 0.25) is 0 Å². The Balaban J connectivity index is 1.87. The van der Waals surface area contributed by atoms with Gasteiger partial charge >= 0.3 is 0 Å². The monoisotopic (exact) mass is 325 g/mol. The molecule has 0 atom stereocenters. The molecule has 0 amide bonds. The Morgan fingerprint density at radius 2 is 2.08 bits per heavy atom. The van der Waals surface area contributed by atoms with Crippen LogP contribution >= 0.6 is 0 Å². The molecule has 1 aliphatic carbocycles. The molecule has 0 spiro atoms. The maximum atomic E-state index is 11.1. The van der Waals surface area contributed by atoms with Gasteiger partial charge in [0, 0.05) is 18.4 Å². The highest BCUT2D eigenvalue weighted by atomic mass is 16.5. The van der Waals surface area contributed by atoms with E-state index in [-0.39, 0.29) is 0 Å². The second kappa shape index (κ2) is 7.43. The smallest absolute Gasteiger partial charge is 0.172 e. The lowest BCUT2D eigenvalue weighted by atomic mass is 9.90. The lowest BCUT2D eigenvalue weighted by Gasteiger charge is -2.22. The zero-order valence-electron chi connectivity index (χ0n) is 14.2. The van der Waals surface area contributed by atoms with E-state index in [2.05, 4.69) is 34.7 Å². The number of aromatic nitrogens is 3. The van der Waals surface area contributed by atoms with Gasteiger partial charge in [0.15, 0.2) is 6.29 Å². The fraction of sp³-hybridized carbons (Fsp3) is 0.421. The number of nitrogens with zero attached hydrogens (tertiary/aromatic N) is 3. The molecule has 2 aromatic heterocycles. The van der Waals surface area contributed by atoms with Crippen LogP contribution in [0.15, 0.2) is 36.2 Å². The maximum Gasteiger partial charge on any atom is 0.172 e. The van der Waals surface area contributed by atoms with Gasteiger partial charge in [-0.15, -0.1) is 0 Å². The molecule has 5 nitrogen and oxygen atoms in total. The van der Waals surface area contributed by atoms with Gasteiger partial charge in [0.1, 0.15) is 18.1 Å². The van der Waals surface area contributed by atoms with Crippen LogP contribution < -0.4 is 4.74 Å². The fourth-order valence-electron chi connectivity index (χ4n) is 3.18. The average molecular weight is 325 g/mol. The largest absolute Gasteiger partial charge is 0.487 e. The molecule has 5 heteroatoms. The van der Waals surface area contributed by atoms with E-state index in [1.165, 1.54) is 29.7 Å². The van der Waals surface area contributed by atoms with E-state index in [1.807, 2.05) is 6.20 Å². The van der Waals surface area contributed by atoms with Crippen molar-refractivity contribution in [1.82, 2.24) is 14.8 Å². The highest BCUT2D eigenvalue weighted by Crippen LogP contribution is 2.33. The Bertz CT molecular complexity index is 747. The third kappa shape index (κ3) is 3.40. The van der Waals surface area contributed by atoms with Crippen LogP contribution in [0, 0.1) is 0 Å². The van der Waals surface area contributed by atoms with Crippen molar-refractivity contribution in [3.63, 3.8) is 0 Å². The van der Waals surface area contributed by atoms with Gasteiger partial charge in [-0.05, 0) is 68.9 Å². The molecule has 0 aliphatic heterocycles. The number of hydrogen-bond donors (Lipinski definition) is 0. The molecule has 0 aromatic carbocycles. The highest BCUT2D eigenvalue weighted by molar-refractivity contribution is 5.76. The van der Waals surface area contributed by atoms with Crippen molar-refractivity contribution < 1.29 is 9.53 Å². The van der Waals surface area contributed by atoms with Crippen molar-refractivity contribution in [3.05, 3.63) is 47.6 Å². The van der Waals surface area contributed by atoms with E-state index in [9.17, 15) is 4.79 Å². The van der Waals surface area contributed by atoms with Crippen LogP contribution in [0.5, 0.6) is 5.75 Å². The first-order valence-corrected chi connectivity index (χ1v) is 8.48. The molecule has 126 valence electrons. The number of hydrogen-bond acceptors (Lipinski definition) is 4. The van der Waals surface area contributed by atoms with Crippen molar-refractivity contribution in [2.75, 3.05) is 6.61 Å². The normalized spacial score (nSPS) is 15.0. The predicted molar refractivity (Wildman–Crippen MR) is 93.1 cm³/mol. The second-order valence-corrected chi connectivity index (χ2v) is 6.34. The summed E-state index contributed by atoms with van der Waals surface area (Å²) < 4.78 is 7.99. The molecule has 1 aliphatic rings. The summed E-state index contributed by atoms with van der Waals surface area (Å²) in [7, 11) is 0. The van der Waals surface area contributed by atoms with Gasteiger partial charge in [0.25, 0.3) is 0 Å². The molecule has 0 saturated carbocycles. The maximum absolute atomic E-state index is 11.1. The van der Waals surface area contributed by atoms with Crippen LogP contribution in [0.4, 0.5) is 0 Å². The van der Waals surface area contributed by atoms with Crippen LogP contribution in [0.2, 0.25) is 0 Å². The molecule has 2 aromatic rings. The Kier molecular flexibility index (Phi) is 5.08. The number of pyridine rings is 1. The molecule has 0 radical (unpaired) electrons. The molecule has 0 saturated heterocycles. The van der Waals surface area contributed by atoms with E-state index < -0.39 is 0 Å². The molecular weight excluding hydrogens is 302 g/mol. The predicted octanol–water partition coefficient (Wildman–Crippen LogP) is 4.08. The number of aldehydes is 1. The van der Waals surface area contributed by atoms with Gasteiger partial charge in [-0.2, -0.15) is 5.10 Å². The molecule has 24 heavy (non-hydrogen) atoms. The molecular formula is C19H23N3O2. The minimum Gasteiger partial charge on any atom is -0.487 e. The number of ether oxygens (including phenoxy) is 1. The van der Waals surface area contributed by atoms with Gasteiger partial charge < -0.3 is 4.74 Å². The summed E-state index contributed by atoms with van der Waals surface area (Å²) in [5.41, 5.74) is 4.17. The molecule has 0 unspecified atom stereocenters. The van der Waals surface area contributed by atoms with Crippen LogP contribution in [0.1, 0.15) is 61.8 Å². The lowest BCUT2D eigenvalue weighted by Crippen LogP contribution is -2.13. The summed E-state index contributed by atoms with van der Waals surface area (Å²) in [6.45, 7) is 4.77. The zero-order valence-corrected chi connectivity index (χ0v) is 14.2. The zero-order chi connectivity index (χ0) is 16.9. The van der Waals surface area contributed by atoms with E-state index >= 15 is 0 Å². The Morgan fingerprint density at radius 1 is 1.25 bits per heavy atom. The third-order valence-corrected chi connectivity index (χ3v) is 4.36. The molecule has 2 heterocycles. The highest BCUT2D eigenvalue weighted by Gasteiger charge is 2.19. The SMILES string of the molecule is CC(C)n1nccc1C1=C(COc2cccnc2C=O)CCCC1. The summed E-state index contributed by atoms with van der Waals surface area (Å²) in [4.78, 5) is 15.1. The molecule has 0 N–H and O–H groups in total. The summed E-state index contributed by atoms with van der Waals surface area (Å²) in [6.07, 6.45) is 8.63.